The first-order valence-corrected chi connectivity index (χ1v) is 8.70. The van der Waals surface area contributed by atoms with Crippen molar-refractivity contribution in [3.63, 3.8) is 0 Å². The number of benzene rings is 1. The van der Waals surface area contributed by atoms with Gasteiger partial charge in [0.05, 0.1) is 10.9 Å². The van der Waals surface area contributed by atoms with Crippen LogP contribution in [0.5, 0.6) is 11.8 Å². The molecule has 0 unspecified atom stereocenters. The van der Waals surface area contributed by atoms with Crippen molar-refractivity contribution >= 4 is 22.5 Å². The van der Waals surface area contributed by atoms with Crippen LogP contribution in [0.25, 0.3) is 10.9 Å². The minimum absolute atomic E-state index is 0.167. The molecule has 1 aromatic carbocycles. The molecular weight excluding hydrogens is 346 g/mol. The molecule has 0 bridgehead atoms. The molecule has 4 N–H and O–H groups in total. The number of fused-ring (bicyclic) bond motifs is 1. The van der Waals surface area contributed by atoms with E-state index in [-0.39, 0.29) is 11.6 Å². The molecule has 1 saturated carbocycles. The van der Waals surface area contributed by atoms with E-state index in [1.807, 2.05) is 19.1 Å². The van der Waals surface area contributed by atoms with Crippen molar-refractivity contribution in [1.82, 2.24) is 30.4 Å². The largest absolute Gasteiger partial charge is 0.424 e. The number of anilines is 2. The van der Waals surface area contributed by atoms with Crippen molar-refractivity contribution in [2.24, 2.45) is 0 Å². The van der Waals surface area contributed by atoms with E-state index in [1.54, 1.807) is 18.2 Å². The molecule has 27 heavy (non-hydrogen) atoms. The molecule has 1 fully saturated rings. The number of nitrogens with one attached hydrogen (secondary N) is 4. The second-order valence-electron chi connectivity index (χ2n) is 6.67. The molecule has 1 aliphatic carbocycles. The fraction of sp³-hybridized carbons (Fsp3) is 0.222. The molecule has 0 amide bonds. The second-order valence-corrected chi connectivity index (χ2v) is 6.67. The zero-order valence-corrected chi connectivity index (χ0v) is 14.5. The van der Waals surface area contributed by atoms with Gasteiger partial charge >= 0.3 is 6.01 Å². The second kappa shape index (κ2) is 5.97. The SMILES string of the molecule is Cc1cc(Nc2cc(C3CC3)[nH]n2)nc(Oc2ccc3c(=O)[nH][nH]c3c2)n1. The number of nitrogens with zero attached hydrogens (tertiary/aromatic N) is 3. The van der Waals surface area contributed by atoms with Crippen molar-refractivity contribution in [1.29, 1.82) is 0 Å². The fourth-order valence-corrected chi connectivity index (χ4v) is 2.97. The van der Waals surface area contributed by atoms with Gasteiger partial charge in [-0.25, -0.2) is 4.98 Å². The van der Waals surface area contributed by atoms with E-state index in [2.05, 4.69) is 35.7 Å². The van der Waals surface area contributed by atoms with Crippen molar-refractivity contribution < 1.29 is 4.74 Å². The summed E-state index contributed by atoms with van der Waals surface area (Å²) in [5.74, 6) is 2.45. The zero-order chi connectivity index (χ0) is 18.4. The van der Waals surface area contributed by atoms with Crippen molar-refractivity contribution in [2.45, 2.75) is 25.7 Å². The van der Waals surface area contributed by atoms with Crippen LogP contribution in [0.3, 0.4) is 0 Å². The summed E-state index contributed by atoms with van der Waals surface area (Å²) in [5, 5.41) is 16.4. The van der Waals surface area contributed by atoms with E-state index < -0.39 is 0 Å². The standard InChI is InChI=1S/C18H17N7O2/c1-9-6-15(20-16-8-13(22-24-16)10-2-3-10)21-18(19-9)27-11-4-5-12-14(7-11)23-25-17(12)26/h4-8,10H,2-3H2,1H3,(H2,23,25,26)(H2,19,20,21,22,24). The molecule has 9 nitrogen and oxygen atoms in total. The van der Waals surface area contributed by atoms with Gasteiger partial charge in [0.15, 0.2) is 5.82 Å². The molecule has 5 rings (SSSR count). The highest BCUT2D eigenvalue weighted by molar-refractivity contribution is 5.79. The zero-order valence-electron chi connectivity index (χ0n) is 14.5. The molecule has 9 heteroatoms. The van der Waals surface area contributed by atoms with Crippen LogP contribution < -0.4 is 15.6 Å². The topological polar surface area (TPSA) is 124 Å². The van der Waals surface area contributed by atoms with Crippen LogP contribution in [0.15, 0.2) is 35.1 Å². The first-order valence-electron chi connectivity index (χ1n) is 8.70. The van der Waals surface area contributed by atoms with Crippen molar-refractivity contribution in [3.8, 4) is 11.8 Å². The van der Waals surface area contributed by atoms with Crippen LogP contribution in [0.2, 0.25) is 0 Å². The number of aryl methyl sites for hydroxylation is 1. The van der Waals surface area contributed by atoms with Crippen LogP contribution in [-0.4, -0.2) is 30.4 Å². The number of rotatable bonds is 5. The first kappa shape index (κ1) is 15.6. The van der Waals surface area contributed by atoms with Crippen molar-refractivity contribution in [3.05, 3.63) is 52.1 Å². The molecule has 136 valence electrons. The molecule has 3 heterocycles. The Kier molecular flexibility index (Phi) is 3.46. The average molecular weight is 363 g/mol. The highest BCUT2D eigenvalue weighted by Gasteiger charge is 2.25. The van der Waals surface area contributed by atoms with Gasteiger partial charge in [-0.3, -0.25) is 20.1 Å². The summed E-state index contributed by atoms with van der Waals surface area (Å²) in [5.41, 5.74) is 2.40. The molecule has 0 atom stereocenters. The monoisotopic (exact) mass is 363 g/mol. The van der Waals surface area contributed by atoms with Gasteiger partial charge in [-0.15, -0.1) is 0 Å². The smallest absolute Gasteiger partial charge is 0.324 e. The predicted molar refractivity (Wildman–Crippen MR) is 99.6 cm³/mol. The minimum Gasteiger partial charge on any atom is -0.424 e. The van der Waals surface area contributed by atoms with Gasteiger partial charge < -0.3 is 10.1 Å². The molecule has 4 aromatic rings. The van der Waals surface area contributed by atoms with Crippen molar-refractivity contribution in [2.75, 3.05) is 5.32 Å². The summed E-state index contributed by atoms with van der Waals surface area (Å²) in [6.07, 6.45) is 2.42. The van der Waals surface area contributed by atoms with Gasteiger partial charge in [0.1, 0.15) is 11.6 Å². The third-order valence-electron chi connectivity index (χ3n) is 4.46. The van der Waals surface area contributed by atoms with E-state index in [9.17, 15) is 4.79 Å². The molecular formula is C18H17N7O2. The van der Waals surface area contributed by atoms with Crippen LogP contribution in [0.1, 0.15) is 30.1 Å². The summed E-state index contributed by atoms with van der Waals surface area (Å²) in [4.78, 5) is 20.3. The summed E-state index contributed by atoms with van der Waals surface area (Å²) >= 11 is 0. The third kappa shape index (κ3) is 3.14. The summed E-state index contributed by atoms with van der Waals surface area (Å²) in [6.45, 7) is 1.87. The minimum atomic E-state index is -0.167. The fourth-order valence-electron chi connectivity index (χ4n) is 2.97. The predicted octanol–water partition coefficient (Wildman–Crippen LogP) is 3.09. The third-order valence-corrected chi connectivity index (χ3v) is 4.46. The highest BCUT2D eigenvalue weighted by Crippen LogP contribution is 2.39. The Bertz CT molecular complexity index is 1190. The lowest BCUT2D eigenvalue weighted by atomic mass is 10.2. The Morgan fingerprint density at radius 1 is 1.11 bits per heavy atom. The Morgan fingerprint density at radius 3 is 2.85 bits per heavy atom. The Balaban J connectivity index is 1.39. The molecule has 0 radical (unpaired) electrons. The Labute approximate surface area is 153 Å². The van der Waals surface area contributed by atoms with E-state index in [1.165, 1.54) is 12.8 Å². The Hall–Kier alpha value is -3.62. The maximum Gasteiger partial charge on any atom is 0.324 e. The maximum absolute atomic E-state index is 11.6. The number of aromatic amines is 3. The highest BCUT2D eigenvalue weighted by atomic mass is 16.5. The van der Waals surface area contributed by atoms with E-state index in [0.717, 1.165) is 11.4 Å². The van der Waals surface area contributed by atoms with Gasteiger partial charge in [0.2, 0.25) is 0 Å². The van der Waals surface area contributed by atoms with Gasteiger partial charge in [-0.1, -0.05) is 0 Å². The Morgan fingerprint density at radius 2 is 2.00 bits per heavy atom. The number of hydrogen-bond donors (Lipinski definition) is 4. The van der Waals surface area contributed by atoms with Gasteiger partial charge in [-0.05, 0) is 31.9 Å². The lowest BCUT2D eigenvalue weighted by molar-refractivity contribution is 0.442. The van der Waals surface area contributed by atoms with Gasteiger partial charge in [0.25, 0.3) is 5.56 Å². The summed E-state index contributed by atoms with van der Waals surface area (Å²) in [7, 11) is 0. The molecule has 0 spiro atoms. The number of hydrogen-bond acceptors (Lipinski definition) is 6. The normalized spacial score (nSPS) is 13.8. The maximum atomic E-state index is 11.6. The summed E-state index contributed by atoms with van der Waals surface area (Å²) in [6, 6.07) is 9.17. The van der Waals surface area contributed by atoms with Gasteiger partial charge in [-0.2, -0.15) is 10.1 Å². The number of aromatic nitrogens is 6. The van der Waals surface area contributed by atoms with Crippen LogP contribution in [0.4, 0.5) is 11.6 Å². The van der Waals surface area contributed by atoms with E-state index in [4.69, 9.17) is 4.74 Å². The average Bonchev–Trinajstić information content (AvgIpc) is 3.28. The van der Waals surface area contributed by atoms with Crippen LogP contribution in [0, 0.1) is 6.92 Å². The molecule has 0 saturated heterocycles. The first-order chi connectivity index (χ1) is 13.1. The van der Waals surface area contributed by atoms with Crippen LogP contribution >= 0.6 is 0 Å². The van der Waals surface area contributed by atoms with Crippen LogP contribution in [-0.2, 0) is 0 Å². The molecule has 0 aliphatic heterocycles. The number of ether oxygens (including phenoxy) is 1. The number of H-pyrrole nitrogens is 3. The van der Waals surface area contributed by atoms with E-state index >= 15 is 0 Å². The molecule has 1 aliphatic rings. The quantitative estimate of drug-likeness (QED) is 0.432. The summed E-state index contributed by atoms with van der Waals surface area (Å²) < 4.78 is 5.78. The van der Waals surface area contributed by atoms with Gasteiger partial charge in [0, 0.05) is 35.5 Å². The van der Waals surface area contributed by atoms with E-state index in [0.29, 0.717) is 34.2 Å². The molecule has 3 aromatic heterocycles. The lowest BCUT2D eigenvalue weighted by Gasteiger charge is -2.08. The lowest BCUT2D eigenvalue weighted by Crippen LogP contribution is -2.00.